The van der Waals surface area contributed by atoms with E-state index in [4.69, 9.17) is 34.0 Å². The van der Waals surface area contributed by atoms with Crippen LogP contribution in [0.15, 0.2) is 71.8 Å². The first kappa shape index (κ1) is 25.3. The van der Waals surface area contributed by atoms with Gasteiger partial charge in [-0.15, -0.1) is 0 Å². The second-order valence-electron chi connectivity index (χ2n) is 8.65. The van der Waals surface area contributed by atoms with Gasteiger partial charge in [0.2, 0.25) is 5.71 Å². The topological polar surface area (TPSA) is 147 Å². The third kappa shape index (κ3) is 4.45. The zero-order chi connectivity index (χ0) is 27.1. The van der Waals surface area contributed by atoms with E-state index in [1.54, 1.807) is 54.6 Å². The number of anilines is 2. The summed E-state index contributed by atoms with van der Waals surface area (Å²) in [5.41, 5.74) is 2.78. The maximum absolute atomic E-state index is 13.0. The minimum Gasteiger partial charge on any atom is -0.377 e. The van der Waals surface area contributed by atoms with Crippen molar-refractivity contribution in [2.24, 2.45) is 0 Å². The molecule has 0 aromatic heterocycles. The Bertz CT molecular complexity index is 1660. The van der Waals surface area contributed by atoms with Crippen molar-refractivity contribution in [2.75, 3.05) is 10.6 Å². The summed E-state index contributed by atoms with van der Waals surface area (Å²) in [5, 5.41) is 27.9. The van der Waals surface area contributed by atoms with Gasteiger partial charge in [-0.2, -0.15) is 0 Å². The standard InChI is InChI=1S/C28H18Cl2N4O4/c29-19-12-22(34-28(38)18-10-14-6-2-4-8-16(14)24(32)26(18)36)20(30)11-21(19)33-27(37)17-9-13-5-1-3-7-15(13)23(31)25(17)35/h1-12,25,31-32,35H,(H,33,37)(H,34,38)/p+2. The number of aliphatic hydroxyl groups is 1. The number of rotatable bonds is 4. The van der Waals surface area contributed by atoms with Crippen LogP contribution in [0, 0.1) is 0 Å². The number of carbonyl (C=O) groups excluding carboxylic acids is 3. The van der Waals surface area contributed by atoms with Crippen molar-refractivity contribution < 1.29 is 30.3 Å². The molecule has 0 bridgehead atoms. The van der Waals surface area contributed by atoms with Crippen LogP contribution < -0.4 is 21.5 Å². The molecule has 0 fully saturated rings. The lowest BCUT2D eigenvalue weighted by atomic mass is 9.88. The van der Waals surface area contributed by atoms with Gasteiger partial charge in [0.15, 0.2) is 6.10 Å². The summed E-state index contributed by atoms with van der Waals surface area (Å²) in [4.78, 5) is 38.6. The van der Waals surface area contributed by atoms with Gasteiger partial charge in [-0.3, -0.25) is 25.2 Å². The summed E-state index contributed by atoms with van der Waals surface area (Å²) in [7, 11) is 0. The van der Waals surface area contributed by atoms with E-state index in [-0.39, 0.29) is 44.0 Å². The number of hydrogen-bond donors (Lipinski definition) is 5. The Kier molecular flexibility index (Phi) is 6.54. The fourth-order valence-electron chi connectivity index (χ4n) is 4.28. The zero-order valence-electron chi connectivity index (χ0n) is 19.6. The number of ketones is 1. The van der Waals surface area contributed by atoms with Gasteiger partial charge < -0.3 is 15.7 Å². The minimum atomic E-state index is -1.31. The zero-order valence-corrected chi connectivity index (χ0v) is 21.1. The molecular weight excluding hydrogens is 527 g/mol. The van der Waals surface area contributed by atoms with Crippen molar-refractivity contribution in [1.82, 2.24) is 0 Å². The average Bonchev–Trinajstić information content (AvgIpc) is 2.91. The van der Waals surface area contributed by atoms with Gasteiger partial charge in [0.25, 0.3) is 23.3 Å². The van der Waals surface area contributed by atoms with E-state index >= 15 is 0 Å². The number of nitrogens with one attached hydrogen (secondary N) is 2. The number of hydrogen-bond acceptors (Lipinski definition) is 4. The summed E-state index contributed by atoms with van der Waals surface area (Å²) in [5.74, 6) is -1.96. The van der Waals surface area contributed by atoms with Crippen molar-refractivity contribution in [3.8, 4) is 0 Å². The third-order valence-corrected chi connectivity index (χ3v) is 6.90. The lowest BCUT2D eigenvalue weighted by molar-refractivity contribution is -0.133. The SMILES string of the molecule is [NH2+]=C1C(=O)C(C(=O)Nc2cc(Cl)c(NC(=O)C3=Cc4ccccc4C(=[NH2+])C3O)cc2Cl)=Cc2ccccc21. The van der Waals surface area contributed by atoms with Crippen LogP contribution in [0.5, 0.6) is 0 Å². The van der Waals surface area contributed by atoms with Gasteiger partial charge in [0.1, 0.15) is 0 Å². The maximum Gasteiger partial charge on any atom is 0.262 e. The average molecular weight is 547 g/mol. The predicted octanol–water partition coefficient (Wildman–Crippen LogP) is 1.09. The third-order valence-electron chi connectivity index (χ3n) is 6.27. The smallest absolute Gasteiger partial charge is 0.262 e. The maximum atomic E-state index is 13.0. The van der Waals surface area contributed by atoms with Crippen molar-refractivity contribution in [3.63, 3.8) is 0 Å². The number of halogens is 2. The molecule has 0 saturated carbocycles. The number of Topliss-reactive ketones (excluding diaryl/α,β-unsaturated/α-hetero) is 1. The first-order chi connectivity index (χ1) is 18.2. The number of fused-ring (bicyclic) bond motifs is 2. The minimum absolute atomic E-state index is 0.0302. The van der Waals surface area contributed by atoms with Crippen LogP contribution >= 0.6 is 23.2 Å². The van der Waals surface area contributed by atoms with Gasteiger partial charge in [-0.1, -0.05) is 59.6 Å². The summed E-state index contributed by atoms with van der Waals surface area (Å²) < 4.78 is 0. The molecule has 1 atom stereocenters. The van der Waals surface area contributed by atoms with E-state index in [1.807, 2.05) is 0 Å². The van der Waals surface area contributed by atoms with Crippen LogP contribution in [0.1, 0.15) is 22.3 Å². The lowest BCUT2D eigenvalue weighted by Crippen LogP contribution is -2.51. The Morgan fingerprint density at radius 3 is 1.95 bits per heavy atom. The molecule has 0 heterocycles. The van der Waals surface area contributed by atoms with E-state index in [1.165, 1.54) is 18.2 Å². The van der Waals surface area contributed by atoms with Gasteiger partial charge in [0, 0.05) is 0 Å². The Morgan fingerprint density at radius 1 is 0.789 bits per heavy atom. The molecule has 3 aromatic rings. The summed E-state index contributed by atoms with van der Waals surface area (Å²) >= 11 is 12.7. The van der Waals surface area contributed by atoms with E-state index in [2.05, 4.69) is 10.6 Å². The second-order valence-corrected chi connectivity index (χ2v) is 9.47. The van der Waals surface area contributed by atoms with Crippen LogP contribution in [0.25, 0.3) is 12.2 Å². The van der Waals surface area contributed by atoms with Gasteiger partial charge in [-0.25, -0.2) is 0 Å². The molecule has 8 nitrogen and oxygen atoms in total. The molecule has 7 N–H and O–H groups in total. The largest absolute Gasteiger partial charge is 0.377 e. The van der Waals surface area contributed by atoms with E-state index in [0.29, 0.717) is 22.3 Å². The van der Waals surface area contributed by atoms with Crippen molar-refractivity contribution in [3.05, 3.63) is 104 Å². The normalized spacial score (nSPS) is 16.2. The summed E-state index contributed by atoms with van der Waals surface area (Å²) in [6, 6.07) is 16.8. The van der Waals surface area contributed by atoms with Crippen LogP contribution in [-0.2, 0) is 14.4 Å². The molecule has 188 valence electrons. The highest BCUT2D eigenvalue weighted by Gasteiger charge is 2.34. The molecule has 0 radical (unpaired) electrons. The number of amides is 2. The van der Waals surface area contributed by atoms with Crippen molar-refractivity contribution in [1.29, 1.82) is 0 Å². The summed E-state index contributed by atoms with van der Waals surface area (Å²) in [6.07, 6.45) is 1.69. The molecule has 1 unspecified atom stereocenters. The van der Waals surface area contributed by atoms with E-state index in [0.717, 1.165) is 0 Å². The van der Waals surface area contributed by atoms with Crippen molar-refractivity contribution >= 4 is 75.7 Å². The van der Waals surface area contributed by atoms with E-state index in [9.17, 15) is 19.5 Å². The Balaban J connectivity index is 1.37. The first-order valence-corrected chi connectivity index (χ1v) is 12.1. The first-order valence-electron chi connectivity index (χ1n) is 11.4. The molecule has 38 heavy (non-hydrogen) atoms. The molecule has 2 aliphatic rings. The molecule has 5 rings (SSSR count). The molecule has 0 saturated heterocycles. The van der Waals surface area contributed by atoms with Crippen LogP contribution in [-0.4, -0.2) is 40.2 Å². The quantitative estimate of drug-likeness (QED) is 0.311. The number of benzene rings is 3. The predicted molar refractivity (Wildman–Crippen MR) is 146 cm³/mol. The molecule has 10 heteroatoms. The molecular formula is C28H20Cl2N4O4+2. The van der Waals surface area contributed by atoms with Gasteiger partial charge in [-0.05, 0) is 47.5 Å². The molecule has 0 aliphatic heterocycles. The fourth-order valence-corrected chi connectivity index (χ4v) is 4.71. The summed E-state index contributed by atoms with van der Waals surface area (Å²) in [6.45, 7) is 0. The van der Waals surface area contributed by atoms with Gasteiger partial charge in [0.05, 0.1) is 43.7 Å². The monoisotopic (exact) mass is 546 g/mol. The lowest BCUT2D eigenvalue weighted by Gasteiger charge is -2.20. The van der Waals surface area contributed by atoms with Crippen LogP contribution in [0.3, 0.4) is 0 Å². The molecule has 3 aromatic carbocycles. The van der Waals surface area contributed by atoms with Crippen molar-refractivity contribution in [2.45, 2.75) is 6.10 Å². The number of aliphatic hydroxyl groups excluding tert-OH is 1. The fraction of sp³-hybridized carbons (Fsp3) is 0.0357. The number of carbonyl (C=O) groups is 3. The highest BCUT2D eigenvalue weighted by molar-refractivity contribution is 6.57. The van der Waals surface area contributed by atoms with E-state index < -0.39 is 23.7 Å². The number of nitrogens with two attached hydrogens (primary N) is 2. The Hall–Kier alpha value is -4.37. The molecule has 2 aliphatic carbocycles. The highest BCUT2D eigenvalue weighted by Crippen LogP contribution is 2.34. The Labute approximate surface area is 226 Å². The van der Waals surface area contributed by atoms with Crippen LogP contribution in [0.2, 0.25) is 10.0 Å². The highest BCUT2D eigenvalue weighted by atomic mass is 35.5. The van der Waals surface area contributed by atoms with Gasteiger partial charge >= 0.3 is 0 Å². The molecule has 0 spiro atoms. The Morgan fingerprint density at radius 2 is 1.32 bits per heavy atom. The second kappa shape index (κ2) is 9.83. The molecule has 2 amide bonds. The van der Waals surface area contributed by atoms with Crippen LogP contribution in [0.4, 0.5) is 11.4 Å².